The molecule has 1 spiro atoms. The van der Waals surface area contributed by atoms with E-state index >= 15 is 0 Å². The highest BCUT2D eigenvalue weighted by Crippen LogP contribution is 2.57. The van der Waals surface area contributed by atoms with Crippen LogP contribution in [-0.2, 0) is 5.41 Å². The number of hydrogen-bond donors (Lipinski definition) is 0. The van der Waals surface area contributed by atoms with Gasteiger partial charge in [0.15, 0.2) is 11.6 Å². The third kappa shape index (κ3) is 3.15. The lowest BCUT2D eigenvalue weighted by atomic mass is 9.76. The molecule has 3 heteroatoms. The molecular formula is C32H25N3. The van der Waals surface area contributed by atoms with E-state index in [0.717, 1.165) is 16.7 Å². The Balaban J connectivity index is 1.37. The fraction of sp³-hybridized carbons (Fsp3) is 0.156. The maximum absolute atomic E-state index is 4.85. The van der Waals surface area contributed by atoms with Crippen LogP contribution in [0.25, 0.3) is 45.0 Å². The summed E-state index contributed by atoms with van der Waals surface area (Å²) < 4.78 is 0. The Bertz CT molecular complexity index is 1550. The van der Waals surface area contributed by atoms with Crippen LogP contribution in [0.2, 0.25) is 0 Å². The van der Waals surface area contributed by atoms with Crippen LogP contribution in [0.3, 0.4) is 0 Å². The van der Waals surface area contributed by atoms with Crippen molar-refractivity contribution in [1.82, 2.24) is 15.0 Å². The molecule has 0 amide bonds. The minimum absolute atomic E-state index is 0.157. The molecular weight excluding hydrogens is 426 g/mol. The van der Waals surface area contributed by atoms with Gasteiger partial charge in [0.05, 0.1) is 0 Å². The minimum atomic E-state index is 0.157. The summed E-state index contributed by atoms with van der Waals surface area (Å²) in [4.78, 5) is 13.9. The van der Waals surface area contributed by atoms with E-state index in [1.165, 1.54) is 53.5 Å². The van der Waals surface area contributed by atoms with E-state index in [-0.39, 0.29) is 5.41 Å². The van der Waals surface area contributed by atoms with Gasteiger partial charge in [-0.3, -0.25) is 0 Å². The van der Waals surface area contributed by atoms with Crippen LogP contribution >= 0.6 is 0 Å². The highest BCUT2D eigenvalue weighted by Gasteiger charge is 2.44. The summed E-state index contributed by atoms with van der Waals surface area (Å²) in [5.41, 5.74) is 10.4. The van der Waals surface area contributed by atoms with Crippen LogP contribution < -0.4 is 0 Å². The summed E-state index contributed by atoms with van der Waals surface area (Å²) in [6, 6.07) is 34.6. The standard InChI is InChI=1S/C32H25N3/c1-2-10-22(11-3-1)30-33-21-34-31(35-30)27-14-5-4-12-24(27)23-16-17-26-25-13-6-7-15-28(25)32(29(26)20-23)18-8-9-19-32/h1-7,10-17,20-21H,8-9,18-19H2. The normalized spacial score (nSPS) is 15.2. The zero-order valence-corrected chi connectivity index (χ0v) is 19.5. The molecule has 2 aliphatic carbocycles. The minimum Gasteiger partial charge on any atom is -0.217 e. The summed E-state index contributed by atoms with van der Waals surface area (Å²) in [7, 11) is 0. The average molecular weight is 452 g/mol. The molecule has 0 bridgehead atoms. The van der Waals surface area contributed by atoms with Crippen LogP contribution in [-0.4, -0.2) is 15.0 Å². The first-order valence-corrected chi connectivity index (χ1v) is 12.4. The van der Waals surface area contributed by atoms with Gasteiger partial charge in [0, 0.05) is 16.5 Å². The molecule has 0 unspecified atom stereocenters. The van der Waals surface area contributed by atoms with E-state index in [1.807, 2.05) is 30.3 Å². The fourth-order valence-electron chi connectivity index (χ4n) is 6.22. The van der Waals surface area contributed by atoms with Gasteiger partial charge in [-0.1, -0.05) is 104 Å². The number of aromatic nitrogens is 3. The Kier molecular flexibility index (Phi) is 4.63. The second-order valence-electron chi connectivity index (χ2n) is 9.64. The van der Waals surface area contributed by atoms with Crippen LogP contribution in [0, 0.1) is 0 Å². The number of benzene rings is 4. The molecule has 4 aromatic carbocycles. The predicted octanol–water partition coefficient (Wildman–Crippen LogP) is 7.71. The highest BCUT2D eigenvalue weighted by molar-refractivity contribution is 5.87. The Hall–Kier alpha value is -4.11. The molecule has 1 aromatic heterocycles. The lowest BCUT2D eigenvalue weighted by Crippen LogP contribution is -2.20. The summed E-state index contributed by atoms with van der Waals surface area (Å²) in [5.74, 6) is 1.40. The van der Waals surface area contributed by atoms with E-state index < -0.39 is 0 Å². The van der Waals surface area contributed by atoms with Crippen molar-refractivity contribution >= 4 is 0 Å². The van der Waals surface area contributed by atoms with Gasteiger partial charge >= 0.3 is 0 Å². The van der Waals surface area contributed by atoms with Gasteiger partial charge in [0.1, 0.15) is 6.33 Å². The maximum Gasteiger partial charge on any atom is 0.163 e. The molecule has 0 radical (unpaired) electrons. The monoisotopic (exact) mass is 451 g/mol. The molecule has 168 valence electrons. The molecule has 35 heavy (non-hydrogen) atoms. The molecule has 5 aromatic rings. The molecule has 7 rings (SSSR count). The van der Waals surface area contributed by atoms with Crippen molar-refractivity contribution in [2.24, 2.45) is 0 Å². The maximum atomic E-state index is 4.85. The molecule has 1 fully saturated rings. The molecule has 2 aliphatic rings. The van der Waals surface area contributed by atoms with Crippen LogP contribution in [0.5, 0.6) is 0 Å². The first kappa shape index (κ1) is 20.3. The van der Waals surface area contributed by atoms with E-state index in [1.54, 1.807) is 6.33 Å². The first-order valence-electron chi connectivity index (χ1n) is 12.4. The Morgan fingerprint density at radius 2 is 1.17 bits per heavy atom. The average Bonchev–Trinajstić information content (AvgIpc) is 3.54. The fourth-order valence-corrected chi connectivity index (χ4v) is 6.22. The van der Waals surface area contributed by atoms with Crippen LogP contribution in [0.4, 0.5) is 0 Å². The van der Waals surface area contributed by atoms with E-state index in [9.17, 15) is 0 Å². The number of nitrogens with zero attached hydrogens (tertiary/aromatic N) is 3. The zero-order valence-electron chi connectivity index (χ0n) is 19.5. The molecule has 3 nitrogen and oxygen atoms in total. The molecule has 0 aliphatic heterocycles. The third-order valence-electron chi connectivity index (χ3n) is 7.81. The largest absolute Gasteiger partial charge is 0.217 e. The van der Waals surface area contributed by atoms with Crippen molar-refractivity contribution in [3.8, 4) is 45.0 Å². The van der Waals surface area contributed by atoms with Gasteiger partial charge in [0.2, 0.25) is 0 Å². The quantitative estimate of drug-likeness (QED) is 0.282. The van der Waals surface area contributed by atoms with Crippen molar-refractivity contribution in [2.75, 3.05) is 0 Å². The second kappa shape index (κ2) is 7.99. The van der Waals surface area contributed by atoms with Crippen LogP contribution in [0.1, 0.15) is 36.8 Å². The predicted molar refractivity (Wildman–Crippen MR) is 141 cm³/mol. The molecule has 1 heterocycles. The number of fused-ring (bicyclic) bond motifs is 5. The zero-order chi connectivity index (χ0) is 23.2. The molecule has 0 saturated heterocycles. The topological polar surface area (TPSA) is 38.7 Å². The first-order chi connectivity index (χ1) is 17.3. The van der Waals surface area contributed by atoms with Gasteiger partial charge in [-0.15, -0.1) is 0 Å². The van der Waals surface area contributed by atoms with Gasteiger partial charge in [-0.25, -0.2) is 15.0 Å². The van der Waals surface area contributed by atoms with E-state index in [2.05, 4.69) is 76.7 Å². The van der Waals surface area contributed by atoms with Crippen molar-refractivity contribution < 1.29 is 0 Å². The molecule has 1 saturated carbocycles. The van der Waals surface area contributed by atoms with E-state index in [4.69, 9.17) is 4.98 Å². The summed E-state index contributed by atoms with van der Waals surface area (Å²) in [6.45, 7) is 0. The smallest absolute Gasteiger partial charge is 0.163 e. The van der Waals surface area contributed by atoms with Crippen molar-refractivity contribution in [1.29, 1.82) is 0 Å². The molecule has 0 atom stereocenters. The number of rotatable bonds is 3. The Morgan fingerprint density at radius 1 is 0.514 bits per heavy atom. The van der Waals surface area contributed by atoms with E-state index in [0.29, 0.717) is 11.6 Å². The van der Waals surface area contributed by atoms with Crippen molar-refractivity contribution in [2.45, 2.75) is 31.1 Å². The number of hydrogen-bond acceptors (Lipinski definition) is 3. The van der Waals surface area contributed by atoms with Gasteiger partial charge < -0.3 is 0 Å². The van der Waals surface area contributed by atoms with Crippen molar-refractivity contribution in [3.05, 3.63) is 115 Å². The Morgan fingerprint density at radius 3 is 2.00 bits per heavy atom. The Labute approximate surface area is 205 Å². The van der Waals surface area contributed by atoms with Gasteiger partial charge in [0.25, 0.3) is 0 Å². The lowest BCUT2D eigenvalue weighted by molar-refractivity contribution is 0.550. The summed E-state index contributed by atoms with van der Waals surface area (Å²) in [5, 5.41) is 0. The highest BCUT2D eigenvalue weighted by atomic mass is 15.0. The SMILES string of the molecule is c1ccc(-c2ncnc(-c3ccccc3-c3ccc4c(c3)C3(CCCC3)c3ccccc3-4)n2)cc1. The third-order valence-corrected chi connectivity index (χ3v) is 7.81. The van der Waals surface area contributed by atoms with Crippen LogP contribution in [0.15, 0.2) is 103 Å². The van der Waals surface area contributed by atoms with Gasteiger partial charge in [-0.05, 0) is 52.3 Å². The van der Waals surface area contributed by atoms with Gasteiger partial charge in [-0.2, -0.15) is 0 Å². The lowest BCUT2D eigenvalue weighted by Gasteiger charge is -2.27. The molecule has 0 N–H and O–H groups in total. The summed E-state index contributed by atoms with van der Waals surface area (Å²) in [6.07, 6.45) is 6.67. The van der Waals surface area contributed by atoms with Crippen molar-refractivity contribution in [3.63, 3.8) is 0 Å². The summed E-state index contributed by atoms with van der Waals surface area (Å²) >= 11 is 0. The second-order valence-corrected chi connectivity index (χ2v) is 9.64.